The van der Waals surface area contributed by atoms with Gasteiger partial charge in [-0.2, -0.15) is 0 Å². The van der Waals surface area contributed by atoms with E-state index in [9.17, 15) is 38.3 Å². The fourth-order valence-electron chi connectivity index (χ4n) is 7.97. The molecular weight excluding hydrogens is 730 g/mol. The molecule has 2 unspecified atom stereocenters. The number of aromatic hydroxyl groups is 1. The number of carbonyl (C=O) groups excluding carboxylic acids is 6. The van der Waals surface area contributed by atoms with Gasteiger partial charge in [0.05, 0.1) is 11.1 Å². The van der Waals surface area contributed by atoms with Crippen LogP contribution in [0, 0.1) is 5.82 Å². The van der Waals surface area contributed by atoms with E-state index in [4.69, 9.17) is 0 Å². The van der Waals surface area contributed by atoms with Gasteiger partial charge in [-0.1, -0.05) is 12.1 Å². The van der Waals surface area contributed by atoms with Gasteiger partial charge in [-0.05, 0) is 79.9 Å². The molecule has 0 saturated carbocycles. The second-order valence-corrected chi connectivity index (χ2v) is 15.1. The summed E-state index contributed by atoms with van der Waals surface area (Å²) in [6.07, 6.45) is 3.31. The molecule has 2 fully saturated rings. The average molecular weight is 766 g/mol. The van der Waals surface area contributed by atoms with Gasteiger partial charge in [0.15, 0.2) is 5.13 Å². The summed E-state index contributed by atoms with van der Waals surface area (Å²) in [6.45, 7) is 2.03. The number of thiazole rings is 1. The van der Waals surface area contributed by atoms with Crippen LogP contribution < -0.4 is 15.5 Å². The molecule has 2 atom stereocenters. The number of fused-ring (bicyclic) bond motifs is 2. The molecule has 0 radical (unpaired) electrons. The van der Waals surface area contributed by atoms with Crippen molar-refractivity contribution >= 4 is 57.6 Å². The first kappa shape index (κ1) is 36.0. The molecule has 3 N–H and O–H groups in total. The van der Waals surface area contributed by atoms with Crippen LogP contribution in [-0.4, -0.2) is 92.5 Å². The quantitative estimate of drug-likeness (QED) is 0.213. The lowest BCUT2D eigenvalue weighted by Crippen LogP contribution is -2.54. The third-order valence-corrected chi connectivity index (χ3v) is 11.5. The highest BCUT2D eigenvalue weighted by atomic mass is 32.1. The van der Waals surface area contributed by atoms with E-state index < -0.39 is 53.3 Å². The van der Waals surface area contributed by atoms with Crippen molar-refractivity contribution in [2.75, 3.05) is 30.4 Å². The molecule has 2 saturated heterocycles. The summed E-state index contributed by atoms with van der Waals surface area (Å²) in [5.74, 6) is -4.15. The fraction of sp³-hybridized carbons (Fsp3) is 0.308. The van der Waals surface area contributed by atoms with Crippen LogP contribution in [-0.2, 0) is 27.5 Å². The molecule has 4 aliphatic heterocycles. The molecule has 0 bridgehead atoms. The van der Waals surface area contributed by atoms with Crippen LogP contribution in [0.4, 0.5) is 15.2 Å². The molecule has 4 aromatic rings. The second-order valence-electron chi connectivity index (χ2n) is 14.2. The summed E-state index contributed by atoms with van der Waals surface area (Å²) in [4.78, 5) is 88.8. The summed E-state index contributed by atoms with van der Waals surface area (Å²) >= 11 is 1.19. The van der Waals surface area contributed by atoms with Gasteiger partial charge in [-0.3, -0.25) is 49.2 Å². The first-order valence-electron chi connectivity index (χ1n) is 17.9. The van der Waals surface area contributed by atoms with Gasteiger partial charge in [0, 0.05) is 67.0 Å². The number of phenolic OH excluding ortho intramolecular Hbond substituents is 1. The predicted molar refractivity (Wildman–Crippen MR) is 198 cm³/mol. The van der Waals surface area contributed by atoms with Gasteiger partial charge in [0.2, 0.25) is 11.8 Å². The summed E-state index contributed by atoms with van der Waals surface area (Å²) in [6, 6.07) is 12.0. The van der Waals surface area contributed by atoms with E-state index in [0.29, 0.717) is 35.9 Å². The standard InChI is InChI=1S/C39H36FN7O7S/c1-44(19-21-2-6-26-28(16-21)38(54)47(37(26)53)30-7-9-32(49)42-34(30)50)24-10-13-45(14-11-24)25-5-3-22-20-46(36(52)27(22)18-25)33(29-17-23(40)4-8-31(29)48)35(51)43-39-41-12-15-55-39/h2-6,8,12,15-18,24,30,33,48H,7,9-11,13-14,19-20H2,1H3,(H,41,43,51)(H,42,49,50). The summed E-state index contributed by atoms with van der Waals surface area (Å²) in [5, 5.41) is 17.6. The Morgan fingerprint density at radius 3 is 2.51 bits per heavy atom. The Kier molecular flexibility index (Phi) is 9.38. The van der Waals surface area contributed by atoms with Crippen LogP contribution in [0.5, 0.6) is 5.75 Å². The number of carbonyl (C=O) groups is 6. The smallest absolute Gasteiger partial charge is 0.262 e. The Morgan fingerprint density at radius 2 is 1.76 bits per heavy atom. The number of hydrogen-bond acceptors (Lipinski definition) is 11. The lowest BCUT2D eigenvalue weighted by atomic mass is 10.0. The average Bonchev–Trinajstić information content (AvgIpc) is 3.86. The molecule has 3 aromatic carbocycles. The van der Waals surface area contributed by atoms with Gasteiger partial charge < -0.3 is 14.9 Å². The number of benzene rings is 3. The molecule has 4 aliphatic rings. The van der Waals surface area contributed by atoms with Gasteiger partial charge in [-0.15, -0.1) is 11.3 Å². The zero-order valence-electron chi connectivity index (χ0n) is 29.7. The molecule has 16 heteroatoms. The van der Waals surface area contributed by atoms with Crippen LogP contribution in [0.15, 0.2) is 66.2 Å². The first-order valence-corrected chi connectivity index (χ1v) is 18.8. The minimum absolute atomic E-state index is 0.0317. The number of imide groups is 2. The van der Waals surface area contributed by atoms with Gasteiger partial charge in [0.1, 0.15) is 23.7 Å². The van der Waals surface area contributed by atoms with Gasteiger partial charge in [-0.25, -0.2) is 9.37 Å². The van der Waals surface area contributed by atoms with Crippen LogP contribution in [0.1, 0.15) is 79.5 Å². The van der Waals surface area contributed by atoms with E-state index >= 15 is 0 Å². The molecule has 14 nitrogen and oxygen atoms in total. The Hall–Kier alpha value is -6.00. The van der Waals surface area contributed by atoms with Crippen molar-refractivity contribution in [1.82, 2.24) is 25.0 Å². The fourth-order valence-corrected chi connectivity index (χ4v) is 8.50. The summed E-state index contributed by atoms with van der Waals surface area (Å²) in [5.41, 5.74) is 3.31. The van der Waals surface area contributed by atoms with Crippen molar-refractivity contribution in [3.63, 3.8) is 0 Å². The van der Waals surface area contributed by atoms with E-state index in [1.807, 2.05) is 31.3 Å². The van der Waals surface area contributed by atoms with Crippen LogP contribution >= 0.6 is 11.3 Å². The first-order chi connectivity index (χ1) is 26.5. The highest BCUT2D eigenvalue weighted by molar-refractivity contribution is 7.13. The SMILES string of the molecule is CN(Cc1ccc2c(c1)C(=O)N(C1CCC(=O)NC1=O)C2=O)C1CCN(c2ccc3c(c2)C(=O)N(C(C(=O)Nc2nccs2)c2cc(F)ccc2O)C3)CC1. The Labute approximate surface area is 318 Å². The number of piperidine rings is 2. The third-order valence-electron chi connectivity index (χ3n) is 10.8. The Bertz CT molecular complexity index is 2260. The van der Waals surface area contributed by atoms with Crippen molar-refractivity contribution in [3.05, 3.63) is 105 Å². The lowest BCUT2D eigenvalue weighted by molar-refractivity contribution is -0.136. The van der Waals surface area contributed by atoms with Crippen molar-refractivity contribution in [1.29, 1.82) is 0 Å². The maximum atomic E-state index is 14.4. The van der Waals surface area contributed by atoms with Gasteiger partial charge in [0.25, 0.3) is 23.6 Å². The minimum Gasteiger partial charge on any atom is -0.508 e. The monoisotopic (exact) mass is 765 g/mol. The molecule has 0 aliphatic carbocycles. The minimum atomic E-state index is -1.32. The number of nitrogens with zero attached hydrogens (tertiary/aromatic N) is 5. The third kappa shape index (κ3) is 6.71. The maximum absolute atomic E-state index is 14.4. The highest BCUT2D eigenvalue weighted by Crippen LogP contribution is 2.38. The number of hydrogen-bond donors (Lipinski definition) is 3. The molecule has 1 aromatic heterocycles. The lowest BCUT2D eigenvalue weighted by Gasteiger charge is -2.38. The van der Waals surface area contributed by atoms with Gasteiger partial charge >= 0.3 is 0 Å². The number of aromatic nitrogens is 1. The normalized spacial score (nSPS) is 19.2. The second kappa shape index (κ2) is 14.3. The van der Waals surface area contributed by atoms with E-state index in [1.54, 1.807) is 17.5 Å². The van der Waals surface area contributed by atoms with E-state index in [1.165, 1.54) is 22.4 Å². The van der Waals surface area contributed by atoms with Crippen molar-refractivity contribution < 1.29 is 38.3 Å². The van der Waals surface area contributed by atoms with Crippen molar-refractivity contribution in [2.45, 2.75) is 56.9 Å². The molecule has 0 spiro atoms. The molecule has 8 rings (SSSR count). The number of halogens is 1. The van der Waals surface area contributed by atoms with Crippen molar-refractivity contribution in [3.8, 4) is 5.75 Å². The number of anilines is 2. The van der Waals surface area contributed by atoms with Crippen molar-refractivity contribution in [2.24, 2.45) is 0 Å². The topological polar surface area (TPSA) is 173 Å². The molecular formula is C39H36FN7O7S. The predicted octanol–water partition coefficient (Wildman–Crippen LogP) is 3.83. The highest BCUT2D eigenvalue weighted by Gasteiger charge is 2.45. The number of nitrogens with one attached hydrogen (secondary N) is 2. The summed E-state index contributed by atoms with van der Waals surface area (Å²) < 4.78 is 14.4. The molecule has 282 valence electrons. The van der Waals surface area contributed by atoms with E-state index in [0.717, 1.165) is 47.2 Å². The number of amides is 6. The van der Waals surface area contributed by atoms with Crippen LogP contribution in [0.3, 0.4) is 0 Å². The molecule has 5 heterocycles. The van der Waals surface area contributed by atoms with E-state index in [-0.39, 0.29) is 47.9 Å². The number of phenols is 1. The maximum Gasteiger partial charge on any atom is 0.262 e. The molecule has 55 heavy (non-hydrogen) atoms. The Balaban J connectivity index is 0.920. The molecule has 6 amide bonds. The largest absolute Gasteiger partial charge is 0.508 e. The van der Waals surface area contributed by atoms with Crippen LogP contribution in [0.2, 0.25) is 0 Å². The Morgan fingerprint density at radius 1 is 0.982 bits per heavy atom. The van der Waals surface area contributed by atoms with Crippen LogP contribution in [0.25, 0.3) is 0 Å². The zero-order chi connectivity index (χ0) is 38.5. The van der Waals surface area contributed by atoms with E-state index in [2.05, 4.69) is 25.4 Å². The zero-order valence-corrected chi connectivity index (χ0v) is 30.5. The number of rotatable bonds is 9. The summed E-state index contributed by atoms with van der Waals surface area (Å²) in [7, 11) is 2.01.